The molecule has 0 atom stereocenters. The lowest BCUT2D eigenvalue weighted by molar-refractivity contribution is 0.0830. The molecule has 2 aromatic rings. The van der Waals surface area contributed by atoms with E-state index in [2.05, 4.69) is 27.7 Å². The molecule has 3 rings (SSSR count). The molecule has 2 aromatic carbocycles. The van der Waals surface area contributed by atoms with Gasteiger partial charge >= 0.3 is 0 Å². The van der Waals surface area contributed by atoms with E-state index in [1.807, 2.05) is 6.07 Å². The van der Waals surface area contributed by atoms with Crippen LogP contribution in [0.4, 0.5) is 0 Å². The maximum absolute atomic E-state index is 9.73. The molecule has 4 nitrogen and oxygen atoms in total. The maximum atomic E-state index is 9.73. The third-order valence-corrected chi connectivity index (χ3v) is 5.42. The van der Waals surface area contributed by atoms with E-state index in [9.17, 15) is 10.2 Å². The molecule has 0 saturated heterocycles. The number of hydrogen-bond donors (Lipinski definition) is 2. The molecule has 0 spiro atoms. The number of methoxy groups -OCH3 is 1. The van der Waals surface area contributed by atoms with Crippen LogP contribution in [0.25, 0.3) is 0 Å². The van der Waals surface area contributed by atoms with Crippen LogP contribution >= 0.6 is 0 Å². The molecule has 26 heavy (non-hydrogen) atoms. The van der Waals surface area contributed by atoms with Crippen LogP contribution in [0.5, 0.6) is 23.0 Å². The largest absolute Gasteiger partial charge is 0.504 e. The Kier molecular flexibility index (Phi) is 4.78. The SMILES string of the molecule is COc1c(C)c(C)c2c(c1CCc1ccc(O)c(O)c1)CCC(C)(C)O2. The number of ether oxygens (including phenoxy) is 2. The van der Waals surface area contributed by atoms with Crippen molar-refractivity contribution in [1.29, 1.82) is 0 Å². The van der Waals surface area contributed by atoms with E-state index in [0.717, 1.165) is 53.9 Å². The van der Waals surface area contributed by atoms with Gasteiger partial charge < -0.3 is 19.7 Å². The summed E-state index contributed by atoms with van der Waals surface area (Å²) in [5.41, 5.74) is 5.52. The van der Waals surface area contributed by atoms with Gasteiger partial charge in [-0.25, -0.2) is 0 Å². The highest BCUT2D eigenvalue weighted by Gasteiger charge is 2.31. The van der Waals surface area contributed by atoms with E-state index in [4.69, 9.17) is 9.47 Å². The van der Waals surface area contributed by atoms with Gasteiger partial charge in [0.15, 0.2) is 11.5 Å². The Morgan fingerprint density at radius 2 is 1.81 bits per heavy atom. The average Bonchev–Trinajstić information content (AvgIpc) is 2.59. The molecule has 0 fully saturated rings. The van der Waals surface area contributed by atoms with Gasteiger partial charge in [-0.2, -0.15) is 0 Å². The van der Waals surface area contributed by atoms with Crippen molar-refractivity contribution in [1.82, 2.24) is 0 Å². The second-order valence-electron chi connectivity index (χ2n) is 7.75. The lowest BCUT2D eigenvalue weighted by Gasteiger charge is -2.36. The van der Waals surface area contributed by atoms with Gasteiger partial charge in [0, 0.05) is 11.1 Å². The Bertz CT molecular complexity index is 837. The quantitative estimate of drug-likeness (QED) is 0.785. The van der Waals surface area contributed by atoms with E-state index < -0.39 is 0 Å². The van der Waals surface area contributed by atoms with Gasteiger partial charge in [0.25, 0.3) is 0 Å². The summed E-state index contributed by atoms with van der Waals surface area (Å²) in [6.07, 6.45) is 3.48. The molecule has 0 aromatic heterocycles. The summed E-state index contributed by atoms with van der Waals surface area (Å²) in [5.74, 6) is 1.77. The normalized spacial score (nSPS) is 15.3. The predicted octanol–water partition coefficient (Wildman–Crippen LogP) is 4.61. The molecule has 0 amide bonds. The third kappa shape index (κ3) is 3.33. The number of fused-ring (bicyclic) bond motifs is 1. The number of rotatable bonds is 4. The molecule has 0 radical (unpaired) electrons. The Balaban J connectivity index is 2.00. The zero-order valence-electron chi connectivity index (χ0n) is 16.3. The molecule has 2 N–H and O–H groups in total. The molecule has 1 heterocycles. The minimum atomic E-state index is -0.154. The maximum Gasteiger partial charge on any atom is 0.157 e. The monoisotopic (exact) mass is 356 g/mol. The van der Waals surface area contributed by atoms with Crippen LogP contribution < -0.4 is 9.47 Å². The lowest BCUT2D eigenvalue weighted by atomic mass is 9.85. The van der Waals surface area contributed by atoms with E-state index in [-0.39, 0.29) is 17.1 Å². The Morgan fingerprint density at radius 1 is 1.08 bits per heavy atom. The summed E-state index contributed by atoms with van der Waals surface area (Å²) in [7, 11) is 1.72. The van der Waals surface area contributed by atoms with Crippen molar-refractivity contribution >= 4 is 0 Å². The van der Waals surface area contributed by atoms with Gasteiger partial charge in [-0.1, -0.05) is 6.07 Å². The fourth-order valence-corrected chi connectivity index (χ4v) is 3.76. The zero-order valence-corrected chi connectivity index (χ0v) is 16.3. The number of phenolic OH excluding ortho intramolecular Hbond substituents is 2. The first-order chi connectivity index (χ1) is 12.2. The number of phenols is 2. The molecular formula is C22H28O4. The summed E-state index contributed by atoms with van der Waals surface area (Å²) < 4.78 is 12.1. The van der Waals surface area contributed by atoms with Crippen LogP contribution in [-0.2, 0) is 19.3 Å². The first kappa shape index (κ1) is 18.4. The van der Waals surface area contributed by atoms with Gasteiger partial charge in [0.2, 0.25) is 0 Å². The second kappa shape index (κ2) is 6.75. The van der Waals surface area contributed by atoms with Crippen molar-refractivity contribution in [3.05, 3.63) is 46.0 Å². The number of benzene rings is 2. The topological polar surface area (TPSA) is 58.9 Å². The molecular weight excluding hydrogens is 328 g/mol. The van der Waals surface area contributed by atoms with Gasteiger partial charge in [-0.05, 0) is 82.2 Å². The molecule has 0 bridgehead atoms. The number of aromatic hydroxyl groups is 2. The van der Waals surface area contributed by atoms with Crippen molar-refractivity contribution < 1.29 is 19.7 Å². The Labute approximate surface area is 155 Å². The van der Waals surface area contributed by atoms with Gasteiger partial charge in [-0.15, -0.1) is 0 Å². The smallest absolute Gasteiger partial charge is 0.157 e. The number of hydrogen-bond acceptors (Lipinski definition) is 4. The first-order valence-electron chi connectivity index (χ1n) is 9.12. The Hall–Kier alpha value is -2.36. The Morgan fingerprint density at radius 3 is 2.46 bits per heavy atom. The molecule has 1 aliphatic heterocycles. The van der Waals surface area contributed by atoms with E-state index in [0.29, 0.717) is 0 Å². The van der Waals surface area contributed by atoms with E-state index in [1.165, 1.54) is 17.2 Å². The van der Waals surface area contributed by atoms with Gasteiger partial charge in [-0.3, -0.25) is 0 Å². The van der Waals surface area contributed by atoms with Gasteiger partial charge in [0.1, 0.15) is 17.1 Å². The van der Waals surface area contributed by atoms with Crippen LogP contribution in [0.2, 0.25) is 0 Å². The molecule has 1 aliphatic rings. The van der Waals surface area contributed by atoms with E-state index >= 15 is 0 Å². The van der Waals surface area contributed by atoms with Crippen LogP contribution in [0.3, 0.4) is 0 Å². The zero-order chi connectivity index (χ0) is 19.1. The predicted molar refractivity (Wildman–Crippen MR) is 103 cm³/mol. The van der Waals surface area contributed by atoms with Crippen molar-refractivity contribution in [3.63, 3.8) is 0 Å². The second-order valence-corrected chi connectivity index (χ2v) is 7.75. The molecule has 0 saturated carbocycles. The summed E-state index contributed by atoms with van der Waals surface area (Å²) in [4.78, 5) is 0. The average molecular weight is 356 g/mol. The van der Waals surface area contributed by atoms with Crippen molar-refractivity contribution in [3.8, 4) is 23.0 Å². The van der Waals surface area contributed by atoms with Crippen LogP contribution in [0.15, 0.2) is 18.2 Å². The molecule has 0 aliphatic carbocycles. The minimum absolute atomic E-state index is 0.0818. The lowest BCUT2D eigenvalue weighted by Crippen LogP contribution is -2.33. The highest BCUT2D eigenvalue weighted by molar-refractivity contribution is 5.59. The van der Waals surface area contributed by atoms with E-state index in [1.54, 1.807) is 13.2 Å². The number of aryl methyl sites for hydroxylation is 1. The molecule has 140 valence electrons. The van der Waals surface area contributed by atoms with Crippen LogP contribution in [-0.4, -0.2) is 22.9 Å². The molecule has 4 heteroatoms. The van der Waals surface area contributed by atoms with Gasteiger partial charge in [0.05, 0.1) is 7.11 Å². The fourth-order valence-electron chi connectivity index (χ4n) is 3.76. The summed E-state index contributed by atoms with van der Waals surface area (Å²) in [6, 6.07) is 4.99. The summed E-state index contributed by atoms with van der Waals surface area (Å²) in [5, 5.41) is 19.2. The fraction of sp³-hybridized carbons (Fsp3) is 0.455. The van der Waals surface area contributed by atoms with Crippen molar-refractivity contribution in [2.75, 3.05) is 7.11 Å². The standard InChI is InChI=1S/C22H28O4/c1-13-14(2)21-17(10-11-22(3,4)26-21)16(20(13)25-5)8-6-15-7-9-18(23)19(24)12-15/h7,9,12,23-24H,6,8,10-11H2,1-5H3. The first-order valence-corrected chi connectivity index (χ1v) is 9.12. The van der Waals surface area contributed by atoms with Crippen LogP contribution in [0.1, 0.15) is 48.1 Å². The summed E-state index contributed by atoms with van der Waals surface area (Å²) >= 11 is 0. The highest BCUT2D eigenvalue weighted by Crippen LogP contribution is 2.44. The molecule has 0 unspecified atom stereocenters. The minimum Gasteiger partial charge on any atom is -0.504 e. The third-order valence-electron chi connectivity index (χ3n) is 5.42. The highest BCUT2D eigenvalue weighted by atomic mass is 16.5. The van der Waals surface area contributed by atoms with Crippen LogP contribution in [0, 0.1) is 13.8 Å². The summed E-state index contributed by atoms with van der Waals surface area (Å²) in [6.45, 7) is 8.44. The van der Waals surface area contributed by atoms with Crippen molar-refractivity contribution in [2.24, 2.45) is 0 Å². The van der Waals surface area contributed by atoms with Crippen molar-refractivity contribution in [2.45, 2.75) is 59.0 Å².